The monoisotopic (exact) mass is 301 g/mol. The largest absolute Gasteiger partial charge is 0.478 e. The van der Waals surface area contributed by atoms with Crippen LogP contribution in [0.25, 0.3) is 11.0 Å². The summed E-state index contributed by atoms with van der Waals surface area (Å²) >= 11 is 1.53. The highest BCUT2D eigenvalue weighted by Gasteiger charge is 2.19. The highest BCUT2D eigenvalue weighted by molar-refractivity contribution is 7.07. The highest BCUT2D eigenvalue weighted by atomic mass is 32.1. The third kappa shape index (κ3) is 2.42. The minimum Gasteiger partial charge on any atom is -0.478 e. The third-order valence-electron chi connectivity index (χ3n) is 3.35. The molecule has 3 aromatic rings. The fourth-order valence-corrected chi connectivity index (χ4v) is 3.00. The molecule has 21 heavy (non-hydrogen) atoms. The number of para-hydroxylation sites is 1. The Morgan fingerprint density at radius 3 is 2.86 bits per heavy atom. The number of hydrogen-bond donors (Lipinski definition) is 1. The molecule has 0 aliphatic heterocycles. The van der Waals surface area contributed by atoms with Gasteiger partial charge in [-0.1, -0.05) is 19.9 Å². The number of thiazole rings is 1. The maximum absolute atomic E-state index is 11.5. The molecule has 2 aromatic heterocycles. The molecule has 0 unspecified atom stereocenters. The molecular weight excluding hydrogens is 286 g/mol. The molecule has 0 amide bonds. The Kier molecular flexibility index (Phi) is 3.47. The number of carboxylic acid groups (broad SMARTS) is 1. The van der Waals surface area contributed by atoms with Crippen LogP contribution in [-0.4, -0.2) is 25.6 Å². The van der Waals surface area contributed by atoms with E-state index in [4.69, 9.17) is 0 Å². The van der Waals surface area contributed by atoms with Crippen molar-refractivity contribution in [3.63, 3.8) is 0 Å². The van der Waals surface area contributed by atoms with Gasteiger partial charge in [-0.15, -0.1) is 11.3 Å². The Morgan fingerprint density at radius 1 is 1.43 bits per heavy atom. The zero-order valence-corrected chi connectivity index (χ0v) is 12.6. The number of fused-ring (bicyclic) bond motifs is 1. The molecule has 5 nitrogen and oxygen atoms in total. The number of aromatic nitrogens is 3. The lowest BCUT2D eigenvalue weighted by molar-refractivity contribution is 0.0698. The number of hydrogen-bond acceptors (Lipinski definition) is 4. The van der Waals surface area contributed by atoms with Crippen molar-refractivity contribution in [3.05, 3.63) is 46.2 Å². The molecule has 0 radical (unpaired) electrons. The van der Waals surface area contributed by atoms with Gasteiger partial charge in [0.05, 0.1) is 34.3 Å². The number of carboxylic acids is 1. The Labute approximate surface area is 125 Å². The second-order valence-corrected chi connectivity index (χ2v) is 5.89. The van der Waals surface area contributed by atoms with Crippen molar-refractivity contribution in [2.45, 2.75) is 26.3 Å². The normalized spacial score (nSPS) is 11.4. The van der Waals surface area contributed by atoms with Crippen molar-refractivity contribution in [2.75, 3.05) is 0 Å². The molecule has 0 aliphatic carbocycles. The van der Waals surface area contributed by atoms with Crippen LogP contribution in [0.15, 0.2) is 29.1 Å². The van der Waals surface area contributed by atoms with E-state index in [1.807, 2.05) is 16.0 Å². The summed E-state index contributed by atoms with van der Waals surface area (Å²) in [5.41, 5.74) is 4.36. The molecule has 3 rings (SSSR count). The van der Waals surface area contributed by atoms with Crippen LogP contribution in [0.3, 0.4) is 0 Å². The Balaban J connectivity index is 2.26. The van der Waals surface area contributed by atoms with E-state index in [0.29, 0.717) is 17.6 Å². The molecule has 0 fully saturated rings. The number of imidazole rings is 1. The summed E-state index contributed by atoms with van der Waals surface area (Å²) in [6, 6.07) is 5.20. The minimum atomic E-state index is -0.935. The van der Waals surface area contributed by atoms with Crippen LogP contribution in [0.4, 0.5) is 0 Å². The van der Waals surface area contributed by atoms with Gasteiger partial charge in [0.15, 0.2) is 0 Å². The topological polar surface area (TPSA) is 68.0 Å². The number of carbonyl (C=O) groups is 1. The molecule has 108 valence electrons. The molecule has 1 aromatic carbocycles. The van der Waals surface area contributed by atoms with Gasteiger partial charge in [0.1, 0.15) is 5.82 Å². The van der Waals surface area contributed by atoms with Crippen molar-refractivity contribution in [2.24, 2.45) is 0 Å². The first kappa shape index (κ1) is 13.8. The smallest absolute Gasteiger partial charge is 0.337 e. The van der Waals surface area contributed by atoms with E-state index in [2.05, 4.69) is 23.8 Å². The molecule has 2 heterocycles. The average Bonchev–Trinajstić information content (AvgIpc) is 3.07. The molecule has 0 aliphatic rings. The average molecular weight is 301 g/mol. The van der Waals surface area contributed by atoms with Gasteiger partial charge in [0.2, 0.25) is 0 Å². The van der Waals surface area contributed by atoms with Crippen LogP contribution in [0.1, 0.15) is 41.6 Å². The van der Waals surface area contributed by atoms with Crippen LogP contribution in [0.2, 0.25) is 0 Å². The van der Waals surface area contributed by atoms with Crippen molar-refractivity contribution < 1.29 is 9.90 Å². The van der Waals surface area contributed by atoms with E-state index in [1.165, 1.54) is 11.3 Å². The molecule has 6 heteroatoms. The third-order valence-corrected chi connectivity index (χ3v) is 3.98. The van der Waals surface area contributed by atoms with Crippen LogP contribution in [0.5, 0.6) is 0 Å². The van der Waals surface area contributed by atoms with Crippen LogP contribution < -0.4 is 0 Å². The Bertz CT molecular complexity index is 791. The summed E-state index contributed by atoms with van der Waals surface area (Å²) in [4.78, 5) is 20.4. The van der Waals surface area contributed by atoms with E-state index in [1.54, 1.807) is 17.6 Å². The number of nitrogens with zero attached hydrogens (tertiary/aromatic N) is 3. The molecule has 0 atom stereocenters. The summed E-state index contributed by atoms with van der Waals surface area (Å²) in [6.07, 6.45) is 0. The number of aromatic carboxylic acids is 1. The lowest BCUT2D eigenvalue weighted by Crippen LogP contribution is -2.09. The van der Waals surface area contributed by atoms with Crippen molar-refractivity contribution in [3.8, 4) is 0 Å². The summed E-state index contributed by atoms with van der Waals surface area (Å²) < 4.78 is 1.97. The predicted octanol–water partition coefficient (Wildman–Crippen LogP) is 3.36. The first-order valence-corrected chi connectivity index (χ1v) is 7.61. The molecule has 0 saturated heterocycles. The summed E-state index contributed by atoms with van der Waals surface area (Å²) in [6.45, 7) is 4.65. The maximum atomic E-state index is 11.5. The first-order chi connectivity index (χ1) is 10.1. The second kappa shape index (κ2) is 5.29. The maximum Gasteiger partial charge on any atom is 0.337 e. The SMILES string of the molecule is CC(C)c1nc2cccc(C(=O)O)c2n1Cc1cscn1. The van der Waals surface area contributed by atoms with Crippen LogP contribution >= 0.6 is 11.3 Å². The Hall–Kier alpha value is -2.21. The second-order valence-electron chi connectivity index (χ2n) is 5.17. The van der Waals surface area contributed by atoms with E-state index in [9.17, 15) is 9.90 Å². The van der Waals surface area contributed by atoms with Gasteiger partial charge in [0.25, 0.3) is 0 Å². The van der Waals surface area contributed by atoms with Crippen LogP contribution in [0, 0.1) is 0 Å². The molecule has 0 spiro atoms. The lowest BCUT2D eigenvalue weighted by atomic mass is 10.1. The van der Waals surface area contributed by atoms with E-state index in [0.717, 1.165) is 11.5 Å². The van der Waals surface area contributed by atoms with Gasteiger partial charge in [-0.2, -0.15) is 0 Å². The molecule has 0 saturated carbocycles. The fourth-order valence-electron chi connectivity index (χ4n) is 2.45. The van der Waals surface area contributed by atoms with Gasteiger partial charge < -0.3 is 9.67 Å². The minimum absolute atomic E-state index is 0.206. The van der Waals surface area contributed by atoms with Crippen LogP contribution in [-0.2, 0) is 6.54 Å². The lowest BCUT2D eigenvalue weighted by Gasteiger charge is -2.11. The zero-order chi connectivity index (χ0) is 15.0. The molecular formula is C15H15N3O2S. The van der Waals surface area contributed by atoms with Gasteiger partial charge in [0, 0.05) is 11.3 Å². The molecule has 0 bridgehead atoms. The number of rotatable bonds is 4. The summed E-state index contributed by atoms with van der Waals surface area (Å²) in [7, 11) is 0. The van der Waals surface area contributed by atoms with Gasteiger partial charge in [-0.25, -0.2) is 14.8 Å². The standard InChI is InChI=1S/C15H15N3O2S/c1-9(2)14-17-12-5-3-4-11(15(19)20)13(12)18(14)6-10-7-21-8-16-10/h3-5,7-9H,6H2,1-2H3,(H,19,20). The van der Waals surface area contributed by atoms with Gasteiger partial charge in [-0.05, 0) is 12.1 Å². The molecule has 1 N–H and O–H groups in total. The quantitative estimate of drug-likeness (QED) is 0.802. The van der Waals surface area contributed by atoms with E-state index < -0.39 is 5.97 Å². The number of benzene rings is 1. The summed E-state index contributed by atoms with van der Waals surface area (Å²) in [5, 5.41) is 11.4. The summed E-state index contributed by atoms with van der Waals surface area (Å²) in [5.74, 6) is 0.153. The van der Waals surface area contributed by atoms with Gasteiger partial charge >= 0.3 is 5.97 Å². The van der Waals surface area contributed by atoms with Crippen molar-refractivity contribution >= 4 is 28.3 Å². The van der Waals surface area contributed by atoms with E-state index in [-0.39, 0.29) is 11.5 Å². The highest BCUT2D eigenvalue weighted by Crippen LogP contribution is 2.26. The predicted molar refractivity (Wildman–Crippen MR) is 82.0 cm³/mol. The van der Waals surface area contributed by atoms with E-state index >= 15 is 0 Å². The van der Waals surface area contributed by atoms with Crippen molar-refractivity contribution in [1.29, 1.82) is 0 Å². The van der Waals surface area contributed by atoms with Gasteiger partial charge in [-0.3, -0.25) is 0 Å². The Morgan fingerprint density at radius 2 is 2.24 bits per heavy atom. The first-order valence-electron chi connectivity index (χ1n) is 6.67. The zero-order valence-electron chi connectivity index (χ0n) is 11.8. The van der Waals surface area contributed by atoms with Crippen molar-refractivity contribution in [1.82, 2.24) is 14.5 Å². The fraction of sp³-hybridized carbons (Fsp3) is 0.267.